The Kier molecular flexibility index (Phi) is 6.59. The molecule has 0 aliphatic carbocycles. The lowest BCUT2D eigenvalue weighted by atomic mass is 10.1. The summed E-state index contributed by atoms with van der Waals surface area (Å²) in [5.41, 5.74) is 0.433. The Labute approximate surface area is 155 Å². The molecule has 0 aliphatic rings. The molecule has 0 aliphatic heterocycles. The highest BCUT2D eigenvalue weighted by atomic mass is 19.1. The Morgan fingerprint density at radius 2 is 1.93 bits per heavy atom. The molecule has 0 fully saturated rings. The van der Waals surface area contributed by atoms with E-state index in [1.165, 1.54) is 29.2 Å². The highest BCUT2D eigenvalue weighted by Gasteiger charge is 2.25. The smallest absolute Gasteiger partial charge is 0.345 e. The molecule has 0 aromatic heterocycles. The Hall–Kier alpha value is -3.29. The van der Waals surface area contributed by atoms with Crippen LogP contribution in [-0.4, -0.2) is 34.9 Å². The molecule has 8 heteroatoms. The first-order chi connectivity index (χ1) is 12.8. The molecule has 142 valence electrons. The SMILES string of the molecule is CCN(Cc1cccc(F)c1)C(=O)COC(=O)c1c(C)cccc1[N+](=O)[O-]. The first kappa shape index (κ1) is 20.0. The van der Waals surface area contributed by atoms with Crippen LogP contribution in [0.5, 0.6) is 0 Å². The fraction of sp³-hybridized carbons (Fsp3) is 0.263. The summed E-state index contributed by atoms with van der Waals surface area (Å²) in [5, 5.41) is 11.1. The lowest BCUT2D eigenvalue weighted by Crippen LogP contribution is -2.34. The maximum absolute atomic E-state index is 13.3. The number of carbonyl (C=O) groups excluding carboxylic acids is 2. The Bertz CT molecular complexity index is 869. The van der Waals surface area contributed by atoms with Gasteiger partial charge in [-0.15, -0.1) is 0 Å². The van der Waals surface area contributed by atoms with Gasteiger partial charge in [0.1, 0.15) is 11.4 Å². The lowest BCUT2D eigenvalue weighted by molar-refractivity contribution is -0.385. The fourth-order valence-electron chi connectivity index (χ4n) is 2.59. The number of ether oxygens (including phenoxy) is 1. The van der Waals surface area contributed by atoms with Crippen molar-refractivity contribution in [1.29, 1.82) is 0 Å². The predicted molar refractivity (Wildman–Crippen MR) is 95.6 cm³/mol. The molecule has 2 rings (SSSR count). The number of aryl methyl sites for hydroxylation is 1. The number of nitro benzene ring substituents is 1. The van der Waals surface area contributed by atoms with E-state index in [1.807, 2.05) is 0 Å². The lowest BCUT2D eigenvalue weighted by Gasteiger charge is -2.21. The summed E-state index contributed by atoms with van der Waals surface area (Å²) in [6.45, 7) is 3.22. The molecule has 1 amide bonds. The van der Waals surface area contributed by atoms with Crippen molar-refractivity contribution >= 4 is 17.6 Å². The van der Waals surface area contributed by atoms with Crippen molar-refractivity contribution in [3.63, 3.8) is 0 Å². The molecular weight excluding hydrogens is 355 g/mol. The van der Waals surface area contributed by atoms with Gasteiger partial charge in [-0.2, -0.15) is 0 Å². The van der Waals surface area contributed by atoms with Crippen LogP contribution < -0.4 is 0 Å². The van der Waals surface area contributed by atoms with Crippen molar-refractivity contribution in [3.8, 4) is 0 Å². The maximum Gasteiger partial charge on any atom is 0.345 e. The number of likely N-dealkylation sites (N-methyl/N-ethyl adjacent to an activating group) is 1. The van der Waals surface area contributed by atoms with Crippen LogP contribution in [0.15, 0.2) is 42.5 Å². The molecule has 27 heavy (non-hydrogen) atoms. The second kappa shape index (κ2) is 8.88. The molecule has 0 saturated carbocycles. The topological polar surface area (TPSA) is 89.8 Å². The number of hydrogen-bond donors (Lipinski definition) is 0. The zero-order valence-electron chi connectivity index (χ0n) is 15.0. The number of amides is 1. The van der Waals surface area contributed by atoms with Crippen molar-refractivity contribution in [3.05, 3.63) is 75.1 Å². The molecule has 0 bridgehead atoms. The van der Waals surface area contributed by atoms with Gasteiger partial charge in [0.25, 0.3) is 11.6 Å². The second-order valence-corrected chi connectivity index (χ2v) is 5.84. The van der Waals surface area contributed by atoms with Crippen LogP contribution in [0.25, 0.3) is 0 Å². The normalized spacial score (nSPS) is 10.3. The average molecular weight is 374 g/mol. The number of hydrogen-bond acceptors (Lipinski definition) is 5. The van der Waals surface area contributed by atoms with Gasteiger partial charge in [0.2, 0.25) is 0 Å². The van der Waals surface area contributed by atoms with E-state index in [4.69, 9.17) is 4.74 Å². The molecule has 0 N–H and O–H groups in total. The van der Waals surface area contributed by atoms with E-state index in [1.54, 1.807) is 32.0 Å². The van der Waals surface area contributed by atoms with E-state index in [-0.39, 0.29) is 17.8 Å². The number of esters is 1. The van der Waals surface area contributed by atoms with Crippen molar-refractivity contribution in [2.45, 2.75) is 20.4 Å². The largest absolute Gasteiger partial charge is 0.452 e. The van der Waals surface area contributed by atoms with Gasteiger partial charge in [-0.1, -0.05) is 24.3 Å². The van der Waals surface area contributed by atoms with Crippen LogP contribution >= 0.6 is 0 Å². The van der Waals surface area contributed by atoms with Crippen LogP contribution in [0.1, 0.15) is 28.4 Å². The molecule has 2 aromatic rings. The van der Waals surface area contributed by atoms with E-state index in [0.717, 1.165) is 0 Å². The van der Waals surface area contributed by atoms with Crippen molar-refractivity contribution in [1.82, 2.24) is 4.90 Å². The van der Waals surface area contributed by atoms with Gasteiger partial charge in [-0.3, -0.25) is 14.9 Å². The third-order valence-corrected chi connectivity index (χ3v) is 3.98. The number of benzene rings is 2. The summed E-state index contributed by atoms with van der Waals surface area (Å²) in [5.74, 6) is -1.82. The van der Waals surface area contributed by atoms with Gasteiger partial charge < -0.3 is 9.64 Å². The molecule has 2 aromatic carbocycles. The third kappa shape index (κ3) is 5.10. The number of halogens is 1. The highest BCUT2D eigenvalue weighted by molar-refractivity contribution is 5.96. The van der Waals surface area contributed by atoms with Crippen LogP contribution in [0.4, 0.5) is 10.1 Å². The molecule has 0 spiro atoms. The second-order valence-electron chi connectivity index (χ2n) is 5.84. The van der Waals surface area contributed by atoms with Crippen molar-refractivity contribution < 1.29 is 23.6 Å². The summed E-state index contributed by atoms with van der Waals surface area (Å²) in [4.78, 5) is 36.4. The number of rotatable bonds is 7. The summed E-state index contributed by atoms with van der Waals surface area (Å²) in [7, 11) is 0. The van der Waals surface area contributed by atoms with E-state index < -0.39 is 29.2 Å². The molecule has 0 radical (unpaired) electrons. The minimum Gasteiger partial charge on any atom is -0.452 e. The van der Waals surface area contributed by atoms with E-state index in [0.29, 0.717) is 17.7 Å². The van der Waals surface area contributed by atoms with Gasteiger partial charge in [0, 0.05) is 19.2 Å². The van der Waals surface area contributed by atoms with Crippen LogP contribution in [0.3, 0.4) is 0 Å². The zero-order chi connectivity index (χ0) is 20.0. The Morgan fingerprint density at radius 3 is 2.56 bits per heavy atom. The van der Waals surface area contributed by atoms with Gasteiger partial charge in [-0.05, 0) is 37.1 Å². The standard InChI is InChI=1S/C19H19FN2O5/c1-3-21(11-14-7-5-8-15(20)10-14)17(23)12-27-19(24)18-13(2)6-4-9-16(18)22(25)26/h4-10H,3,11-12H2,1-2H3. The van der Waals surface area contributed by atoms with Gasteiger partial charge in [0.15, 0.2) is 6.61 Å². The Balaban J connectivity index is 2.06. The molecule has 0 saturated heterocycles. The average Bonchev–Trinajstić information content (AvgIpc) is 2.63. The highest BCUT2D eigenvalue weighted by Crippen LogP contribution is 2.22. The van der Waals surface area contributed by atoms with Crippen LogP contribution in [0, 0.1) is 22.9 Å². The number of nitro groups is 1. The number of nitrogens with zero attached hydrogens (tertiary/aromatic N) is 2. The quantitative estimate of drug-likeness (QED) is 0.422. The summed E-state index contributed by atoms with van der Waals surface area (Å²) in [6.07, 6.45) is 0. The molecular formula is C19H19FN2O5. The summed E-state index contributed by atoms with van der Waals surface area (Å²) >= 11 is 0. The van der Waals surface area contributed by atoms with Gasteiger partial charge in [0.05, 0.1) is 4.92 Å². The third-order valence-electron chi connectivity index (χ3n) is 3.98. The van der Waals surface area contributed by atoms with Gasteiger partial charge >= 0.3 is 5.97 Å². The molecule has 0 atom stereocenters. The van der Waals surface area contributed by atoms with Crippen LogP contribution in [-0.2, 0) is 16.1 Å². The number of carbonyl (C=O) groups is 2. The van der Waals surface area contributed by atoms with E-state index in [2.05, 4.69) is 0 Å². The zero-order valence-corrected chi connectivity index (χ0v) is 15.0. The van der Waals surface area contributed by atoms with E-state index in [9.17, 15) is 24.1 Å². The van der Waals surface area contributed by atoms with Gasteiger partial charge in [-0.25, -0.2) is 9.18 Å². The minimum atomic E-state index is -0.935. The molecule has 0 heterocycles. The fourth-order valence-corrected chi connectivity index (χ4v) is 2.59. The predicted octanol–water partition coefficient (Wildman–Crippen LogP) is 3.25. The van der Waals surface area contributed by atoms with Crippen molar-refractivity contribution in [2.75, 3.05) is 13.2 Å². The van der Waals surface area contributed by atoms with Crippen molar-refractivity contribution in [2.24, 2.45) is 0 Å². The van der Waals surface area contributed by atoms with Crippen LogP contribution in [0.2, 0.25) is 0 Å². The Morgan fingerprint density at radius 1 is 1.22 bits per heavy atom. The summed E-state index contributed by atoms with van der Waals surface area (Å²) in [6, 6.07) is 10.1. The minimum absolute atomic E-state index is 0.162. The maximum atomic E-state index is 13.3. The molecule has 7 nitrogen and oxygen atoms in total. The molecule has 0 unspecified atom stereocenters. The first-order valence-electron chi connectivity index (χ1n) is 8.26. The monoisotopic (exact) mass is 374 g/mol. The summed E-state index contributed by atoms with van der Waals surface area (Å²) < 4.78 is 18.3. The van der Waals surface area contributed by atoms with E-state index >= 15 is 0 Å². The first-order valence-corrected chi connectivity index (χ1v) is 8.26.